The van der Waals surface area contributed by atoms with Crippen LogP contribution in [0, 0.1) is 6.92 Å². The van der Waals surface area contributed by atoms with Crippen LogP contribution in [0.4, 0.5) is 11.4 Å². The number of rotatable bonds is 5. The number of hydrazone groups is 1. The fourth-order valence-corrected chi connectivity index (χ4v) is 3.08. The molecule has 3 amide bonds. The summed E-state index contributed by atoms with van der Waals surface area (Å²) in [6.07, 6.45) is 1.28. The van der Waals surface area contributed by atoms with E-state index in [2.05, 4.69) is 21.2 Å². The summed E-state index contributed by atoms with van der Waals surface area (Å²) in [5, 5.41) is 9.70. The molecule has 0 atom stereocenters. The molecule has 0 saturated heterocycles. The van der Waals surface area contributed by atoms with Crippen LogP contribution in [0.5, 0.6) is 0 Å². The Labute approximate surface area is 194 Å². The van der Waals surface area contributed by atoms with Crippen LogP contribution in [-0.4, -0.2) is 23.9 Å². The van der Waals surface area contributed by atoms with Crippen molar-refractivity contribution < 1.29 is 14.4 Å². The monoisotopic (exact) mass is 468 g/mol. The first-order chi connectivity index (χ1) is 15.3. The highest BCUT2D eigenvalue weighted by molar-refractivity contribution is 6.40. The lowest BCUT2D eigenvalue weighted by Gasteiger charge is -2.11. The molecule has 9 heteroatoms. The van der Waals surface area contributed by atoms with Gasteiger partial charge in [-0.3, -0.25) is 14.4 Å². The molecule has 3 aromatic carbocycles. The minimum Gasteiger partial charge on any atom is -0.322 e. The van der Waals surface area contributed by atoms with Crippen molar-refractivity contribution in [2.45, 2.75) is 6.92 Å². The van der Waals surface area contributed by atoms with Crippen molar-refractivity contribution in [3.05, 3.63) is 93.5 Å². The van der Waals surface area contributed by atoms with Gasteiger partial charge >= 0.3 is 11.8 Å². The van der Waals surface area contributed by atoms with Crippen LogP contribution >= 0.6 is 23.2 Å². The molecule has 0 unspecified atom stereocenters. The number of carbonyl (C=O) groups excluding carboxylic acids is 3. The predicted octanol–water partition coefficient (Wildman–Crippen LogP) is 4.64. The van der Waals surface area contributed by atoms with E-state index in [4.69, 9.17) is 23.2 Å². The number of hydrogen-bond donors (Lipinski definition) is 3. The Morgan fingerprint density at radius 1 is 0.875 bits per heavy atom. The number of nitrogens with zero attached hydrogens (tertiary/aromatic N) is 1. The predicted molar refractivity (Wildman–Crippen MR) is 126 cm³/mol. The zero-order valence-electron chi connectivity index (χ0n) is 16.9. The molecule has 0 aliphatic carbocycles. The third-order valence-corrected chi connectivity index (χ3v) is 4.83. The maximum atomic E-state index is 12.6. The van der Waals surface area contributed by atoms with Gasteiger partial charge in [-0.05, 0) is 43.3 Å². The van der Waals surface area contributed by atoms with Gasteiger partial charge in [-0.25, -0.2) is 5.43 Å². The van der Waals surface area contributed by atoms with Gasteiger partial charge in [0.25, 0.3) is 5.91 Å². The maximum absolute atomic E-state index is 12.6. The van der Waals surface area contributed by atoms with E-state index in [1.165, 1.54) is 24.4 Å². The fourth-order valence-electron chi connectivity index (χ4n) is 2.62. The Balaban J connectivity index is 1.64. The van der Waals surface area contributed by atoms with Gasteiger partial charge in [0.2, 0.25) is 0 Å². The van der Waals surface area contributed by atoms with Crippen LogP contribution in [0.3, 0.4) is 0 Å². The summed E-state index contributed by atoms with van der Waals surface area (Å²) in [6, 6.07) is 18.4. The van der Waals surface area contributed by atoms with E-state index >= 15 is 0 Å². The molecule has 0 heterocycles. The summed E-state index contributed by atoms with van der Waals surface area (Å²) in [5.74, 6) is -2.43. The molecule has 162 valence electrons. The third kappa shape index (κ3) is 6.16. The number of aryl methyl sites for hydroxylation is 1. The van der Waals surface area contributed by atoms with Gasteiger partial charge in [-0.2, -0.15) is 5.10 Å². The summed E-state index contributed by atoms with van der Waals surface area (Å²) in [6.45, 7) is 1.94. The van der Waals surface area contributed by atoms with Gasteiger partial charge in [-0.1, -0.05) is 59.1 Å². The van der Waals surface area contributed by atoms with Crippen molar-refractivity contribution in [3.8, 4) is 0 Å². The normalized spacial score (nSPS) is 10.6. The maximum Gasteiger partial charge on any atom is 0.329 e. The van der Waals surface area contributed by atoms with Crippen molar-refractivity contribution in [2.75, 3.05) is 10.6 Å². The van der Waals surface area contributed by atoms with Crippen molar-refractivity contribution >= 4 is 58.5 Å². The van der Waals surface area contributed by atoms with Crippen molar-refractivity contribution in [1.29, 1.82) is 0 Å². The second-order valence-electron chi connectivity index (χ2n) is 6.68. The number of nitrogens with one attached hydrogen (secondary N) is 3. The Hall–Kier alpha value is -3.68. The quantitative estimate of drug-likeness (QED) is 0.288. The lowest BCUT2D eigenvalue weighted by molar-refractivity contribution is -0.136. The molecule has 0 fully saturated rings. The number of hydrogen-bond acceptors (Lipinski definition) is 4. The average Bonchev–Trinajstić information content (AvgIpc) is 2.77. The van der Waals surface area contributed by atoms with Crippen LogP contribution in [-0.2, 0) is 9.59 Å². The first-order valence-electron chi connectivity index (χ1n) is 9.40. The number of halogens is 2. The summed E-state index contributed by atoms with van der Waals surface area (Å²) >= 11 is 11.8. The fraction of sp³-hybridized carbons (Fsp3) is 0.0435. The van der Waals surface area contributed by atoms with Gasteiger partial charge in [0, 0.05) is 16.3 Å². The van der Waals surface area contributed by atoms with E-state index in [0.717, 1.165) is 5.56 Å². The molecule has 3 rings (SSSR count). The van der Waals surface area contributed by atoms with E-state index in [1.54, 1.807) is 36.4 Å². The summed E-state index contributed by atoms with van der Waals surface area (Å²) in [7, 11) is 0. The Kier molecular flexibility index (Phi) is 7.59. The van der Waals surface area contributed by atoms with Crippen molar-refractivity contribution in [1.82, 2.24) is 5.43 Å². The molecule has 7 nitrogen and oxygen atoms in total. The van der Waals surface area contributed by atoms with Gasteiger partial charge in [0.15, 0.2) is 0 Å². The van der Waals surface area contributed by atoms with Gasteiger partial charge < -0.3 is 10.6 Å². The van der Waals surface area contributed by atoms with Crippen molar-refractivity contribution in [2.24, 2.45) is 5.10 Å². The second-order valence-corrected chi connectivity index (χ2v) is 7.53. The molecule has 32 heavy (non-hydrogen) atoms. The number of benzene rings is 3. The highest BCUT2D eigenvalue weighted by Crippen LogP contribution is 2.20. The van der Waals surface area contributed by atoms with Crippen LogP contribution in [0.25, 0.3) is 0 Å². The largest absolute Gasteiger partial charge is 0.329 e. The van der Waals surface area contributed by atoms with Crippen LogP contribution in [0.1, 0.15) is 21.5 Å². The number of para-hydroxylation sites is 1. The summed E-state index contributed by atoms with van der Waals surface area (Å²) in [4.78, 5) is 37.0. The topological polar surface area (TPSA) is 99.7 Å². The van der Waals surface area contributed by atoms with Gasteiger partial charge in [-0.15, -0.1) is 0 Å². The average molecular weight is 469 g/mol. The van der Waals surface area contributed by atoms with E-state index < -0.39 is 17.7 Å². The van der Waals surface area contributed by atoms with E-state index in [1.807, 2.05) is 19.1 Å². The lowest BCUT2D eigenvalue weighted by Crippen LogP contribution is -2.33. The highest BCUT2D eigenvalue weighted by atomic mass is 35.5. The Morgan fingerprint density at radius 2 is 1.59 bits per heavy atom. The lowest BCUT2D eigenvalue weighted by atomic mass is 10.1. The molecule has 0 radical (unpaired) electrons. The van der Waals surface area contributed by atoms with Gasteiger partial charge in [0.1, 0.15) is 0 Å². The first kappa shape index (κ1) is 23.0. The minimum absolute atomic E-state index is 0.182. The Morgan fingerprint density at radius 3 is 2.31 bits per heavy atom. The first-order valence-corrected chi connectivity index (χ1v) is 10.2. The second kappa shape index (κ2) is 10.6. The van der Waals surface area contributed by atoms with E-state index in [9.17, 15) is 14.4 Å². The number of amides is 3. The molecular weight excluding hydrogens is 451 g/mol. The summed E-state index contributed by atoms with van der Waals surface area (Å²) < 4.78 is 0. The summed E-state index contributed by atoms with van der Waals surface area (Å²) in [5.41, 5.74) is 4.67. The highest BCUT2D eigenvalue weighted by Gasteiger charge is 2.17. The standard InChI is InChI=1S/C23H18Cl2N4O3/c1-14-6-10-17(11-7-14)27-21(30)18-4-2-3-5-20(18)28-22(31)23(32)29-26-13-15-8-9-16(24)12-19(15)25/h2-13H,1H3,(H,27,30)(H,28,31)(H,29,32)/b26-13+. The molecule has 3 N–H and O–H groups in total. The van der Waals surface area contributed by atoms with Gasteiger partial charge in [0.05, 0.1) is 22.5 Å². The van der Waals surface area contributed by atoms with Crippen LogP contribution in [0.2, 0.25) is 10.0 Å². The molecule has 3 aromatic rings. The zero-order chi connectivity index (χ0) is 23.1. The molecule has 0 aliphatic rings. The third-order valence-electron chi connectivity index (χ3n) is 4.27. The molecule has 0 aliphatic heterocycles. The SMILES string of the molecule is Cc1ccc(NC(=O)c2ccccc2NC(=O)C(=O)N/N=C/c2ccc(Cl)cc2Cl)cc1. The molecule has 0 spiro atoms. The minimum atomic E-state index is -1.01. The molecule has 0 saturated carbocycles. The van der Waals surface area contributed by atoms with Crippen LogP contribution < -0.4 is 16.1 Å². The van der Waals surface area contributed by atoms with Crippen LogP contribution in [0.15, 0.2) is 71.8 Å². The zero-order valence-corrected chi connectivity index (χ0v) is 18.4. The number of anilines is 2. The number of carbonyl (C=O) groups is 3. The Bertz CT molecular complexity index is 1190. The van der Waals surface area contributed by atoms with Crippen molar-refractivity contribution in [3.63, 3.8) is 0 Å². The molecule has 0 bridgehead atoms. The molecule has 0 aromatic heterocycles. The molecular formula is C23H18Cl2N4O3. The smallest absolute Gasteiger partial charge is 0.322 e. The van der Waals surface area contributed by atoms with E-state index in [-0.39, 0.29) is 11.3 Å². The van der Waals surface area contributed by atoms with E-state index in [0.29, 0.717) is 21.3 Å².